The highest BCUT2D eigenvalue weighted by atomic mass is 15.0. The van der Waals surface area contributed by atoms with Crippen molar-refractivity contribution in [2.45, 2.75) is 96.6 Å². The minimum Gasteiger partial charge on any atom is -0.311 e. The first-order chi connectivity index (χ1) is 8.79. The summed E-state index contributed by atoms with van der Waals surface area (Å²) in [6, 6.07) is 1.64. The second-order valence-corrected chi connectivity index (χ2v) is 6.87. The summed E-state index contributed by atoms with van der Waals surface area (Å²) in [7, 11) is 0. The third kappa shape index (κ3) is 4.26. The average molecular weight is 251 g/mol. The summed E-state index contributed by atoms with van der Waals surface area (Å²) >= 11 is 0. The van der Waals surface area contributed by atoms with Crippen molar-refractivity contribution in [2.75, 3.05) is 0 Å². The molecule has 0 amide bonds. The van der Waals surface area contributed by atoms with E-state index in [1.165, 1.54) is 70.6 Å². The zero-order chi connectivity index (χ0) is 12.8. The lowest BCUT2D eigenvalue weighted by Gasteiger charge is -2.28. The van der Waals surface area contributed by atoms with Crippen molar-refractivity contribution in [3.05, 3.63) is 0 Å². The van der Waals surface area contributed by atoms with Crippen LogP contribution in [0.5, 0.6) is 0 Å². The molecule has 106 valence electrons. The minimum atomic E-state index is 0.815. The maximum absolute atomic E-state index is 4.03. The zero-order valence-corrected chi connectivity index (χ0v) is 12.6. The molecule has 2 fully saturated rings. The van der Waals surface area contributed by atoms with Crippen molar-refractivity contribution >= 4 is 0 Å². The highest BCUT2D eigenvalue weighted by Crippen LogP contribution is 2.28. The van der Waals surface area contributed by atoms with Gasteiger partial charge in [0.15, 0.2) is 0 Å². The van der Waals surface area contributed by atoms with E-state index in [9.17, 15) is 0 Å². The van der Waals surface area contributed by atoms with Gasteiger partial charge in [0.2, 0.25) is 0 Å². The molecule has 2 aliphatic carbocycles. The molecule has 0 aromatic carbocycles. The summed E-state index contributed by atoms with van der Waals surface area (Å²) in [5, 5.41) is 4.03. The molecule has 0 aliphatic heterocycles. The molecular formula is C17H33N. The molecule has 0 saturated heterocycles. The Balaban J connectivity index is 1.80. The van der Waals surface area contributed by atoms with Gasteiger partial charge in [0.25, 0.3) is 0 Å². The first-order valence-corrected chi connectivity index (χ1v) is 8.55. The van der Waals surface area contributed by atoms with Gasteiger partial charge in [0.05, 0.1) is 0 Å². The average Bonchev–Trinajstić information content (AvgIpc) is 2.72. The van der Waals surface area contributed by atoms with E-state index in [-0.39, 0.29) is 0 Å². The van der Waals surface area contributed by atoms with Gasteiger partial charge in [-0.3, -0.25) is 0 Å². The van der Waals surface area contributed by atoms with Gasteiger partial charge >= 0.3 is 0 Å². The lowest BCUT2D eigenvalue weighted by molar-refractivity contribution is 0.302. The van der Waals surface area contributed by atoms with Crippen LogP contribution < -0.4 is 5.32 Å². The van der Waals surface area contributed by atoms with Crippen LogP contribution in [0.25, 0.3) is 0 Å². The van der Waals surface area contributed by atoms with E-state index in [1.807, 2.05) is 0 Å². The highest BCUT2D eigenvalue weighted by molar-refractivity contribution is 4.82. The van der Waals surface area contributed by atoms with Crippen molar-refractivity contribution in [1.82, 2.24) is 5.32 Å². The Labute approximate surface area is 114 Å². The van der Waals surface area contributed by atoms with E-state index in [0.717, 1.165) is 23.9 Å². The van der Waals surface area contributed by atoms with Crippen molar-refractivity contribution in [2.24, 2.45) is 11.8 Å². The molecule has 2 aliphatic rings. The van der Waals surface area contributed by atoms with Gasteiger partial charge in [0.1, 0.15) is 0 Å². The van der Waals surface area contributed by atoms with Crippen molar-refractivity contribution in [3.8, 4) is 0 Å². The molecule has 18 heavy (non-hydrogen) atoms. The van der Waals surface area contributed by atoms with Crippen LogP contribution in [0.15, 0.2) is 0 Å². The van der Waals surface area contributed by atoms with Gasteiger partial charge in [-0.05, 0) is 43.9 Å². The Hall–Kier alpha value is -0.0400. The molecule has 2 saturated carbocycles. The predicted molar refractivity (Wildman–Crippen MR) is 79.8 cm³/mol. The molecule has 0 spiro atoms. The Morgan fingerprint density at radius 2 is 1.67 bits per heavy atom. The molecule has 4 unspecified atom stereocenters. The fraction of sp³-hybridized carbons (Fsp3) is 1.00. The van der Waals surface area contributed by atoms with Crippen LogP contribution in [-0.2, 0) is 0 Å². The number of hydrogen-bond acceptors (Lipinski definition) is 1. The standard InChI is InChI=1S/C17H33N/c1-3-15-9-7-10-16(13-12-15)18-17-11-6-4-5-8-14(17)2/h14-18H,3-13H2,1-2H3. The lowest BCUT2D eigenvalue weighted by Crippen LogP contribution is -2.41. The van der Waals surface area contributed by atoms with Crippen LogP contribution >= 0.6 is 0 Å². The van der Waals surface area contributed by atoms with Crippen LogP contribution in [0.4, 0.5) is 0 Å². The molecule has 0 aromatic heterocycles. The summed E-state index contributed by atoms with van der Waals surface area (Å²) in [5.74, 6) is 1.92. The Morgan fingerprint density at radius 3 is 2.50 bits per heavy atom. The van der Waals surface area contributed by atoms with E-state index in [4.69, 9.17) is 0 Å². The summed E-state index contributed by atoms with van der Waals surface area (Å²) in [4.78, 5) is 0. The third-order valence-electron chi connectivity index (χ3n) is 5.48. The summed E-state index contributed by atoms with van der Waals surface area (Å²) in [6.45, 7) is 4.83. The zero-order valence-electron chi connectivity index (χ0n) is 12.6. The van der Waals surface area contributed by atoms with Crippen molar-refractivity contribution in [1.29, 1.82) is 0 Å². The Morgan fingerprint density at radius 1 is 0.833 bits per heavy atom. The maximum atomic E-state index is 4.03. The molecule has 0 radical (unpaired) electrons. The molecule has 0 heterocycles. The first-order valence-electron chi connectivity index (χ1n) is 8.55. The maximum Gasteiger partial charge on any atom is 0.00952 e. The van der Waals surface area contributed by atoms with E-state index < -0.39 is 0 Å². The largest absolute Gasteiger partial charge is 0.311 e. The van der Waals surface area contributed by atoms with Crippen LogP contribution in [0.2, 0.25) is 0 Å². The number of hydrogen-bond donors (Lipinski definition) is 1. The Kier molecular flexibility index (Phi) is 6.01. The summed E-state index contributed by atoms with van der Waals surface area (Å²) in [6.07, 6.45) is 15.9. The topological polar surface area (TPSA) is 12.0 Å². The van der Waals surface area contributed by atoms with Crippen LogP contribution in [0.1, 0.15) is 84.5 Å². The van der Waals surface area contributed by atoms with Crippen LogP contribution in [0.3, 0.4) is 0 Å². The van der Waals surface area contributed by atoms with Gasteiger partial charge in [-0.15, -0.1) is 0 Å². The molecule has 1 nitrogen and oxygen atoms in total. The van der Waals surface area contributed by atoms with Gasteiger partial charge in [0, 0.05) is 12.1 Å². The van der Waals surface area contributed by atoms with Crippen molar-refractivity contribution < 1.29 is 0 Å². The minimum absolute atomic E-state index is 0.815. The second-order valence-electron chi connectivity index (χ2n) is 6.87. The molecule has 1 N–H and O–H groups in total. The first kappa shape index (κ1) is 14.4. The van der Waals surface area contributed by atoms with Gasteiger partial charge in [-0.1, -0.05) is 52.4 Å². The molecule has 2 rings (SSSR count). The summed E-state index contributed by atoms with van der Waals surface area (Å²) < 4.78 is 0. The van der Waals surface area contributed by atoms with Gasteiger partial charge in [-0.25, -0.2) is 0 Å². The number of rotatable bonds is 3. The van der Waals surface area contributed by atoms with Gasteiger partial charge in [-0.2, -0.15) is 0 Å². The quantitative estimate of drug-likeness (QED) is 0.703. The fourth-order valence-electron chi connectivity index (χ4n) is 4.00. The van der Waals surface area contributed by atoms with Crippen LogP contribution in [-0.4, -0.2) is 12.1 Å². The summed E-state index contributed by atoms with van der Waals surface area (Å²) in [5.41, 5.74) is 0. The van der Waals surface area contributed by atoms with E-state index in [1.54, 1.807) is 0 Å². The Bertz CT molecular complexity index is 226. The molecule has 0 aromatic rings. The molecular weight excluding hydrogens is 218 g/mol. The van der Waals surface area contributed by atoms with E-state index in [2.05, 4.69) is 19.2 Å². The molecule has 1 heteroatoms. The van der Waals surface area contributed by atoms with Gasteiger partial charge < -0.3 is 5.32 Å². The smallest absolute Gasteiger partial charge is 0.00952 e. The van der Waals surface area contributed by atoms with Crippen LogP contribution in [0, 0.1) is 11.8 Å². The van der Waals surface area contributed by atoms with E-state index >= 15 is 0 Å². The SMILES string of the molecule is CCC1CCCC(NC2CCCCCC2C)CC1. The highest BCUT2D eigenvalue weighted by Gasteiger charge is 2.24. The second kappa shape index (κ2) is 7.53. The fourth-order valence-corrected chi connectivity index (χ4v) is 4.00. The lowest BCUT2D eigenvalue weighted by atomic mass is 9.94. The predicted octanol–water partition coefficient (Wildman–Crippen LogP) is 4.90. The molecule has 0 bridgehead atoms. The third-order valence-corrected chi connectivity index (χ3v) is 5.48. The molecule has 4 atom stereocenters. The number of nitrogens with one attached hydrogen (secondary N) is 1. The van der Waals surface area contributed by atoms with E-state index in [0.29, 0.717) is 0 Å². The van der Waals surface area contributed by atoms with Crippen molar-refractivity contribution in [3.63, 3.8) is 0 Å². The monoisotopic (exact) mass is 251 g/mol. The normalized spacial score (nSPS) is 39.0.